The third-order valence-corrected chi connectivity index (χ3v) is 4.64. The number of allylic oxidation sites excluding steroid dienone is 1. The summed E-state index contributed by atoms with van der Waals surface area (Å²) in [6.45, 7) is 4.42. The van der Waals surface area contributed by atoms with E-state index in [-0.39, 0.29) is 6.10 Å². The van der Waals surface area contributed by atoms with E-state index in [4.69, 9.17) is 0 Å². The average molecular weight is 347 g/mol. The van der Waals surface area contributed by atoms with Gasteiger partial charge in [-0.3, -0.25) is 0 Å². The fourth-order valence-corrected chi connectivity index (χ4v) is 2.98. The van der Waals surface area contributed by atoms with E-state index in [1.54, 1.807) is 0 Å². The summed E-state index contributed by atoms with van der Waals surface area (Å²) in [6.07, 6.45) is 18.8. The Kier molecular flexibility index (Phi) is 15.7. The highest BCUT2D eigenvalue weighted by atomic mass is 79.9. The lowest BCUT2D eigenvalue weighted by atomic mass is 10.1. The first-order valence-corrected chi connectivity index (χ1v) is 9.61. The maximum atomic E-state index is 9.67. The lowest BCUT2D eigenvalue weighted by Gasteiger charge is -2.08. The van der Waals surface area contributed by atoms with Gasteiger partial charge in [-0.15, -0.1) is 0 Å². The number of aliphatic hydroxyl groups excluding tert-OH is 1. The third kappa shape index (κ3) is 14.6. The molecule has 120 valence electrons. The molecule has 0 fully saturated rings. The van der Waals surface area contributed by atoms with Crippen LogP contribution in [0.5, 0.6) is 0 Å². The first kappa shape index (κ1) is 20.2. The molecule has 0 aliphatic carbocycles. The van der Waals surface area contributed by atoms with E-state index in [2.05, 4.69) is 35.9 Å². The molecule has 20 heavy (non-hydrogen) atoms. The van der Waals surface area contributed by atoms with Crippen molar-refractivity contribution in [3.8, 4) is 0 Å². The van der Waals surface area contributed by atoms with E-state index in [9.17, 15) is 5.11 Å². The van der Waals surface area contributed by atoms with Gasteiger partial charge >= 0.3 is 0 Å². The van der Waals surface area contributed by atoms with Crippen LogP contribution in [0.15, 0.2) is 12.2 Å². The molecule has 0 aromatic rings. The lowest BCUT2D eigenvalue weighted by Crippen LogP contribution is -2.00. The van der Waals surface area contributed by atoms with E-state index in [1.807, 2.05) is 6.08 Å². The maximum Gasteiger partial charge on any atom is 0.0720 e. The molecule has 0 aliphatic heterocycles. The van der Waals surface area contributed by atoms with Crippen molar-refractivity contribution in [2.45, 2.75) is 102 Å². The van der Waals surface area contributed by atoms with Crippen LogP contribution in [-0.4, -0.2) is 16.0 Å². The van der Waals surface area contributed by atoms with Crippen LogP contribution in [0.1, 0.15) is 90.9 Å². The summed E-state index contributed by atoms with van der Waals surface area (Å²) >= 11 is 3.79. The monoisotopic (exact) mass is 346 g/mol. The number of unbranched alkanes of at least 4 members (excludes halogenated alkanes) is 6. The first-order valence-electron chi connectivity index (χ1n) is 8.69. The Hall–Kier alpha value is 0.180. The minimum atomic E-state index is -0.222. The molecule has 0 aromatic carbocycles. The SMILES string of the molecule is CCCCCC(Br)CCCCCC=CC(O)CCCC. The van der Waals surface area contributed by atoms with Gasteiger partial charge in [-0.25, -0.2) is 0 Å². The minimum Gasteiger partial charge on any atom is -0.389 e. The molecule has 0 saturated heterocycles. The molecule has 0 aromatic heterocycles. The summed E-state index contributed by atoms with van der Waals surface area (Å²) in [7, 11) is 0. The Balaban J connectivity index is 3.32. The van der Waals surface area contributed by atoms with Crippen LogP contribution in [0.2, 0.25) is 0 Å². The van der Waals surface area contributed by atoms with Gasteiger partial charge in [0.15, 0.2) is 0 Å². The van der Waals surface area contributed by atoms with E-state index in [0.29, 0.717) is 0 Å². The molecule has 2 heteroatoms. The Bertz CT molecular complexity index is 215. The second-order valence-corrected chi connectivity index (χ2v) is 7.16. The molecule has 0 heterocycles. The number of alkyl halides is 1. The highest BCUT2D eigenvalue weighted by molar-refractivity contribution is 9.09. The number of hydrogen-bond acceptors (Lipinski definition) is 1. The van der Waals surface area contributed by atoms with Gasteiger partial charge in [0.25, 0.3) is 0 Å². The van der Waals surface area contributed by atoms with Gasteiger partial charge in [0.2, 0.25) is 0 Å². The summed E-state index contributed by atoms with van der Waals surface area (Å²) in [5.41, 5.74) is 0. The fourth-order valence-electron chi connectivity index (χ4n) is 2.33. The van der Waals surface area contributed by atoms with Crippen molar-refractivity contribution in [1.82, 2.24) is 0 Å². The van der Waals surface area contributed by atoms with Crippen molar-refractivity contribution in [2.24, 2.45) is 0 Å². The smallest absolute Gasteiger partial charge is 0.0720 e. The van der Waals surface area contributed by atoms with Crippen molar-refractivity contribution >= 4 is 15.9 Å². The van der Waals surface area contributed by atoms with Crippen LogP contribution in [0.25, 0.3) is 0 Å². The Morgan fingerprint density at radius 1 is 0.850 bits per heavy atom. The lowest BCUT2D eigenvalue weighted by molar-refractivity contribution is 0.209. The van der Waals surface area contributed by atoms with Gasteiger partial charge in [0.05, 0.1) is 6.10 Å². The number of halogens is 1. The second kappa shape index (κ2) is 15.6. The predicted octanol–water partition coefficient (Wildman–Crippen LogP) is 6.39. The Labute approximate surface area is 135 Å². The van der Waals surface area contributed by atoms with Crippen LogP contribution < -0.4 is 0 Å². The van der Waals surface area contributed by atoms with Gasteiger partial charge in [0, 0.05) is 4.83 Å². The van der Waals surface area contributed by atoms with E-state index in [1.165, 1.54) is 51.4 Å². The topological polar surface area (TPSA) is 20.2 Å². The molecular formula is C18H35BrO. The molecule has 0 spiro atoms. The Morgan fingerprint density at radius 2 is 1.50 bits per heavy atom. The van der Waals surface area contributed by atoms with Crippen LogP contribution in [0.3, 0.4) is 0 Å². The quantitative estimate of drug-likeness (QED) is 0.219. The molecule has 0 radical (unpaired) electrons. The molecule has 1 N–H and O–H groups in total. The van der Waals surface area contributed by atoms with Crippen molar-refractivity contribution in [2.75, 3.05) is 0 Å². The summed E-state index contributed by atoms with van der Waals surface area (Å²) in [4.78, 5) is 0.723. The van der Waals surface area contributed by atoms with Crippen LogP contribution in [0.4, 0.5) is 0 Å². The summed E-state index contributed by atoms with van der Waals surface area (Å²) in [5.74, 6) is 0. The maximum absolute atomic E-state index is 9.67. The first-order chi connectivity index (χ1) is 9.70. The van der Waals surface area contributed by atoms with Crippen molar-refractivity contribution < 1.29 is 5.11 Å². The van der Waals surface area contributed by atoms with Crippen molar-refractivity contribution in [1.29, 1.82) is 0 Å². The van der Waals surface area contributed by atoms with Crippen LogP contribution in [-0.2, 0) is 0 Å². The van der Waals surface area contributed by atoms with E-state index >= 15 is 0 Å². The normalized spacial score (nSPS) is 14.8. The summed E-state index contributed by atoms with van der Waals surface area (Å²) in [6, 6.07) is 0. The fraction of sp³-hybridized carbons (Fsp3) is 0.889. The zero-order valence-electron chi connectivity index (χ0n) is 13.6. The van der Waals surface area contributed by atoms with Crippen molar-refractivity contribution in [3.05, 3.63) is 12.2 Å². The summed E-state index contributed by atoms with van der Waals surface area (Å²) in [5, 5.41) is 9.67. The molecular weight excluding hydrogens is 312 g/mol. The largest absolute Gasteiger partial charge is 0.389 e. The Morgan fingerprint density at radius 3 is 2.15 bits per heavy atom. The van der Waals surface area contributed by atoms with Crippen molar-refractivity contribution in [3.63, 3.8) is 0 Å². The molecule has 0 rings (SSSR count). The number of hydrogen-bond donors (Lipinski definition) is 1. The van der Waals surface area contributed by atoms with Gasteiger partial charge in [-0.05, 0) is 32.1 Å². The average Bonchev–Trinajstić information content (AvgIpc) is 2.44. The molecule has 0 aliphatic rings. The standard InChI is InChI=1S/C18H35BrO/c1-3-5-10-13-17(19)14-11-8-7-9-12-16-18(20)15-6-4-2/h12,16-18,20H,3-11,13-15H2,1-2H3. The zero-order chi connectivity index (χ0) is 15.1. The third-order valence-electron chi connectivity index (χ3n) is 3.72. The molecule has 0 saturated carbocycles. The van der Waals surface area contributed by atoms with Gasteiger partial charge < -0.3 is 5.11 Å². The second-order valence-electron chi connectivity index (χ2n) is 5.87. The predicted molar refractivity (Wildman–Crippen MR) is 94.6 cm³/mol. The molecule has 2 atom stereocenters. The summed E-state index contributed by atoms with van der Waals surface area (Å²) < 4.78 is 0. The highest BCUT2D eigenvalue weighted by Gasteiger charge is 2.03. The molecule has 0 bridgehead atoms. The minimum absolute atomic E-state index is 0.222. The zero-order valence-corrected chi connectivity index (χ0v) is 15.2. The van der Waals surface area contributed by atoms with Gasteiger partial charge in [0.1, 0.15) is 0 Å². The highest BCUT2D eigenvalue weighted by Crippen LogP contribution is 2.18. The molecule has 0 amide bonds. The number of rotatable bonds is 14. The molecule has 1 nitrogen and oxygen atoms in total. The van der Waals surface area contributed by atoms with Crippen LogP contribution in [0, 0.1) is 0 Å². The van der Waals surface area contributed by atoms with Crippen LogP contribution >= 0.6 is 15.9 Å². The number of aliphatic hydroxyl groups is 1. The van der Waals surface area contributed by atoms with Gasteiger partial charge in [-0.2, -0.15) is 0 Å². The van der Waals surface area contributed by atoms with Gasteiger partial charge in [-0.1, -0.05) is 86.9 Å². The van der Waals surface area contributed by atoms with E-state index in [0.717, 1.165) is 30.5 Å². The molecule has 2 unspecified atom stereocenters. The van der Waals surface area contributed by atoms with E-state index < -0.39 is 0 Å².